The van der Waals surface area contributed by atoms with Crippen molar-refractivity contribution >= 4 is 40.2 Å². The van der Waals surface area contributed by atoms with E-state index in [2.05, 4.69) is 25.4 Å². The second-order valence-corrected chi connectivity index (χ2v) is 6.76. The van der Waals surface area contributed by atoms with Crippen LogP contribution in [0.3, 0.4) is 0 Å². The molecule has 0 saturated carbocycles. The van der Waals surface area contributed by atoms with Gasteiger partial charge in [-0.1, -0.05) is 0 Å². The van der Waals surface area contributed by atoms with Crippen molar-refractivity contribution in [2.24, 2.45) is 0 Å². The van der Waals surface area contributed by atoms with E-state index in [1.54, 1.807) is 10.9 Å². The minimum absolute atomic E-state index is 0.0211. The van der Waals surface area contributed by atoms with Crippen molar-refractivity contribution in [3.05, 3.63) is 34.9 Å². The maximum absolute atomic E-state index is 12.1. The van der Waals surface area contributed by atoms with Crippen LogP contribution in [-0.2, 0) is 16.0 Å². The van der Waals surface area contributed by atoms with Gasteiger partial charge in [0.15, 0.2) is 11.5 Å². The number of carbonyl (C=O) groups excluding carboxylic acids is 1. The van der Waals surface area contributed by atoms with Crippen LogP contribution >= 0.6 is 11.6 Å². The first-order valence-corrected chi connectivity index (χ1v) is 9.77. The van der Waals surface area contributed by atoms with Crippen molar-refractivity contribution in [1.82, 2.24) is 24.7 Å². The zero-order chi connectivity index (χ0) is 23.9. The Labute approximate surface area is 186 Å². The monoisotopic (exact) mass is 474 g/mol. The second kappa shape index (κ2) is 11.0. The molecule has 0 saturated heterocycles. The number of hydrogen-bond acceptors (Lipinski definition) is 8. The highest BCUT2D eigenvalue weighted by atomic mass is 35.5. The van der Waals surface area contributed by atoms with Crippen LogP contribution in [0.15, 0.2) is 18.3 Å². The number of ether oxygens (including phenoxy) is 2. The number of nitrogens with one attached hydrogen (secondary N) is 1. The van der Waals surface area contributed by atoms with E-state index in [4.69, 9.17) is 21.1 Å². The lowest BCUT2D eigenvalue weighted by Gasteiger charge is -2.09. The number of methoxy groups -OCH3 is 1. The molecule has 0 fully saturated rings. The average Bonchev–Trinajstić information content (AvgIpc) is 3.05. The number of hydrogen-bond donors (Lipinski definition) is 1. The third kappa shape index (κ3) is 7.31. The maximum atomic E-state index is 12.1. The molecule has 0 unspecified atom stereocenters. The van der Waals surface area contributed by atoms with Crippen LogP contribution in [0.4, 0.5) is 24.8 Å². The first-order valence-electron chi connectivity index (χ1n) is 9.40. The molecule has 0 aliphatic rings. The number of fused-ring (bicyclic) bond motifs is 1. The van der Waals surface area contributed by atoms with Crippen LogP contribution in [-0.4, -0.2) is 57.2 Å². The van der Waals surface area contributed by atoms with Crippen LogP contribution in [0.2, 0.25) is 5.28 Å². The van der Waals surface area contributed by atoms with Crippen LogP contribution in [0.1, 0.15) is 29.9 Å². The summed E-state index contributed by atoms with van der Waals surface area (Å²) in [5.41, 5.74) is 1.91. The molecule has 0 bridgehead atoms. The largest absolute Gasteiger partial charge is 0.464 e. The number of rotatable bonds is 7. The molecule has 0 aliphatic heterocycles. The number of alkyl halides is 3. The van der Waals surface area contributed by atoms with Gasteiger partial charge in [-0.05, 0) is 43.1 Å². The molecular weight excluding hydrogens is 453 g/mol. The Balaban J connectivity index is 0.000000654. The molecule has 0 radical (unpaired) electrons. The van der Waals surface area contributed by atoms with E-state index in [0.29, 0.717) is 42.4 Å². The molecule has 0 aromatic carbocycles. The predicted molar refractivity (Wildman–Crippen MR) is 112 cm³/mol. The third-order valence-corrected chi connectivity index (χ3v) is 3.92. The molecule has 9 nitrogen and oxygen atoms in total. The Kier molecular flexibility index (Phi) is 8.72. The summed E-state index contributed by atoms with van der Waals surface area (Å²) in [6.07, 6.45) is -2.32. The normalized spacial score (nSPS) is 11.1. The van der Waals surface area contributed by atoms with Crippen molar-refractivity contribution in [3.63, 3.8) is 0 Å². The lowest BCUT2D eigenvalue weighted by Crippen LogP contribution is -2.10. The summed E-state index contributed by atoms with van der Waals surface area (Å²) >= 11 is 6.08. The second-order valence-electron chi connectivity index (χ2n) is 6.42. The Morgan fingerprint density at radius 1 is 1.31 bits per heavy atom. The minimum atomic E-state index is -4.00. The molecular formula is C19H22ClF3N6O3. The first kappa shape index (κ1) is 25.3. The SMILES string of the molecule is CC(F)(F)F.CCOCCn1nc(C(=O)OC)c2nc(Cl)nc(Nc3cc(C)ccn3)c21. The molecule has 3 rings (SSSR count). The summed E-state index contributed by atoms with van der Waals surface area (Å²) in [6.45, 7) is 5.44. The Bertz CT molecular complexity index is 1070. The molecule has 0 atom stereocenters. The number of anilines is 2. The van der Waals surface area contributed by atoms with Gasteiger partial charge in [-0.2, -0.15) is 23.3 Å². The van der Waals surface area contributed by atoms with Crippen LogP contribution in [0.5, 0.6) is 0 Å². The highest BCUT2D eigenvalue weighted by Gasteiger charge is 2.23. The summed E-state index contributed by atoms with van der Waals surface area (Å²) in [6, 6.07) is 3.75. The lowest BCUT2D eigenvalue weighted by atomic mass is 10.3. The molecule has 3 aromatic heterocycles. The summed E-state index contributed by atoms with van der Waals surface area (Å²) in [4.78, 5) is 24.9. The highest BCUT2D eigenvalue weighted by Crippen LogP contribution is 2.27. The smallest absolute Gasteiger partial charge is 0.386 e. The average molecular weight is 475 g/mol. The van der Waals surface area contributed by atoms with Gasteiger partial charge in [0.25, 0.3) is 0 Å². The van der Waals surface area contributed by atoms with Crippen molar-refractivity contribution in [2.75, 3.05) is 25.6 Å². The van der Waals surface area contributed by atoms with Gasteiger partial charge in [0, 0.05) is 19.7 Å². The van der Waals surface area contributed by atoms with Gasteiger partial charge in [-0.15, -0.1) is 0 Å². The van der Waals surface area contributed by atoms with Gasteiger partial charge >= 0.3 is 12.1 Å². The third-order valence-electron chi connectivity index (χ3n) is 3.75. The standard InChI is InChI=1S/C17H19ClN6O3.C2H3F3/c1-4-27-8-7-24-14-12(13(23-24)16(25)26-3)21-17(18)22-15(14)20-11-9-10(2)5-6-19-11;1-2(3,4)5/h5-6,9H,4,7-8H2,1-3H3,(H,19,20,21,22);1H3. The fourth-order valence-electron chi connectivity index (χ4n) is 2.56. The van der Waals surface area contributed by atoms with Gasteiger partial charge in [0.2, 0.25) is 5.28 Å². The van der Waals surface area contributed by atoms with Crippen molar-refractivity contribution in [1.29, 1.82) is 0 Å². The summed E-state index contributed by atoms with van der Waals surface area (Å²) in [7, 11) is 1.28. The highest BCUT2D eigenvalue weighted by molar-refractivity contribution is 6.29. The van der Waals surface area contributed by atoms with E-state index in [-0.39, 0.29) is 17.9 Å². The number of aromatic nitrogens is 5. The van der Waals surface area contributed by atoms with Crippen molar-refractivity contribution in [3.8, 4) is 0 Å². The van der Waals surface area contributed by atoms with Crippen LogP contribution < -0.4 is 5.32 Å². The topological polar surface area (TPSA) is 104 Å². The fourth-order valence-corrected chi connectivity index (χ4v) is 2.73. The number of pyridine rings is 1. The number of carbonyl (C=O) groups is 1. The molecule has 3 aromatic rings. The summed E-state index contributed by atoms with van der Waals surface area (Å²) in [5.74, 6) is 0.370. The van der Waals surface area contributed by atoms with E-state index in [9.17, 15) is 18.0 Å². The molecule has 174 valence electrons. The van der Waals surface area contributed by atoms with E-state index >= 15 is 0 Å². The van der Waals surface area contributed by atoms with Gasteiger partial charge in [-0.3, -0.25) is 4.68 Å². The zero-order valence-electron chi connectivity index (χ0n) is 17.8. The molecule has 0 spiro atoms. The molecule has 0 amide bonds. The number of esters is 1. The lowest BCUT2D eigenvalue weighted by molar-refractivity contribution is -0.110. The van der Waals surface area contributed by atoms with Gasteiger partial charge in [-0.25, -0.2) is 14.8 Å². The Morgan fingerprint density at radius 3 is 2.59 bits per heavy atom. The van der Waals surface area contributed by atoms with Gasteiger partial charge in [0.05, 0.1) is 20.3 Å². The molecule has 0 aliphatic carbocycles. The fraction of sp³-hybridized carbons (Fsp3) is 0.421. The van der Waals surface area contributed by atoms with E-state index in [1.807, 2.05) is 26.0 Å². The van der Waals surface area contributed by atoms with Crippen molar-refractivity contribution in [2.45, 2.75) is 33.5 Å². The van der Waals surface area contributed by atoms with Crippen molar-refractivity contribution < 1.29 is 27.4 Å². The van der Waals surface area contributed by atoms with Gasteiger partial charge < -0.3 is 14.8 Å². The number of halogens is 4. The zero-order valence-corrected chi connectivity index (χ0v) is 18.6. The minimum Gasteiger partial charge on any atom is -0.464 e. The van der Waals surface area contributed by atoms with E-state index in [0.717, 1.165) is 5.56 Å². The quantitative estimate of drug-likeness (QED) is 0.307. The molecule has 13 heteroatoms. The summed E-state index contributed by atoms with van der Waals surface area (Å²) in [5, 5.41) is 7.44. The maximum Gasteiger partial charge on any atom is 0.386 e. The summed E-state index contributed by atoms with van der Waals surface area (Å²) < 4.78 is 42.9. The first-order chi connectivity index (χ1) is 15.0. The number of aryl methyl sites for hydroxylation is 1. The molecule has 1 N–H and O–H groups in total. The molecule has 32 heavy (non-hydrogen) atoms. The van der Waals surface area contributed by atoms with Crippen LogP contribution in [0.25, 0.3) is 11.0 Å². The molecule has 3 heterocycles. The van der Waals surface area contributed by atoms with Gasteiger partial charge in [0.1, 0.15) is 16.9 Å². The predicted octanol–water partition coefficient (Wildman–Crippen LogP) is 4.32. The van der Waals surface area contributed by atoms with E-state index < -0.39 is 12.1 Å². The van der Waals surface area contributed by atoms with E-state index in [1.165, 1.54) is 7.11 Å². The Morgan fingerprint density at radius 2 is 2.00 bits per heavy atom. The van der Waals surface area contributed by atoms with Crippen LogP contribution in [0, 0.1) is 6.92 Å². The Hall–Kier alpha value is -2.99. The number of nitrogens with zero attached hydrogens (tertiary/aromatic N) is 5.